The Bertz CT molecular complexity index is 730. The lowest BCUT2D eigenvalue weighted by Gasteiger charge is -2.57. The van der Waals surface area contributed by atoms with E-state index >= 15 is 0 Å². The summed E-state index contributed by atoms with van der Waals surface area (Å²) in [6.45, 7) is 6.81. The fourth-order valence-electron chi connectivity index (χ4n) is 5.86. The molecule has 1 saturated heterocycles. The summed E-state index contributed by atoms with van der Waals surface area (Å²) in [5.41, 5.74) is 2.93. The zero-order valence-corrected chi connectivity index (χ0v) is 14.6. The average Bonchev–Trinajstić information content (AvgIpc) is 2.91. The van der Waals surface area contributed by atoms with E-state index in [1.165, 1.54) is 11.1 Å². The van der Waals surface area contributed by atoms with Crippen molar-refractivity contribution in [2.75, 3.05) is 13.1 Å². The summed E-state index contributed by atoms with van der Waals surface area (Å²) in [6.07, 6.45) is 7.27. The molecule has 5 rings (SSSR count). The molecule has 0 amide bonds. The van der Waals surface area contributed by atoms with Crippen LogP contribution in [0.2, 0.25) is 0 Å². The molecule has 120 valence electrons. The zero-order chi connectivity index (χ0) is 15.8. The van der Waals surface area contributed by atoms with Crippen molar-refractivity contribution in [1.82, 2.24) is 4.90 Å². The third kappa shape index (κ3) is 1.56. The van der Waals surface area contributed by atoms with E-state index in [0.29, 0.717) is 17.9 Å². The van der Waals surface area contributed by atoms with Crippen LogP contribution in [0, 0.1) is 11.8 Å². The number of hydrogen-bond acceptors (Lipinski definition) is 3. The molecule has 0 saturated carbocycles. The van der Waals surface area contributed by atoms with E-state index in [4.69, 9.17) is 4.74 Å². The minimum Gasteiger partial charge on any atom is -0.487 e. The predicted octanol–water partition coefficient (Wildman–Crippen LogP) is 3.07. The van der Waals surface area contributed by atoms with Crippen LogP contribution >= 0.6 is 8.46 Å². The van der Waals surface area contributed by atoms with E-state index < -0.39 is 0 Å². The number of benzene rings is 1. The van der Waals surface area contributed by atoms with Gasteiger partial charge in [0.15, 0.2) is 8.46 Å². The second kappa shape index (κ2) is 4.68. The van der Waals surface area contributed by atoms with Gasteiger partial charge >= 0.3 is 0 Å². The highest BCUT2D eigenvalue weighted by Crippen LogP contribution is 2.61. The Morgan fingerprint density at radius 1 is 1.39 bits per heavy atom. The minimum atomic E-state index is 0.0753. The quantitative estimate of drug-likeness (QED) is 0.618. The van der Waals surface area contributed by atoms with Crippen molar-refractivity contribution < 1.29 is 9.30 Å². The maximum Gasteiger partial charge on any atom is 0.196 e. The molecule has 4 aliphatic rings. The lowest BCUT2D eigenvalue weighted by molar-refractivity contribution is -0.0217. The maximum atomic E-state index is 11.6. The SMILES string of the molecule is CCN1CC[C@]23c4c5ccc(P=O)c4O[C@H]2C(C)C=CC3[C@H]1C5. The van der Waals surface area contributed by atoms with Crippen LogP contribution in [0.1, 0.15) is 31.4 Å². The molecule has 2 aliphatic heterocycles. The number of nitrogens with zero attached hydrogens (tertiary/aromatic N) is 1. The normalized spacial score (nSPS) is 40.1. The first-order valence-electron chi connectivity index (χ1n) is 8.79. The van der Waals surface area contributed by atoms with Gasteiger partial charge in [0.05, 0.1) is 5.30 Å². The predicted molar refractivity (Wildman–Crippen MR) is 90.9 cm³/mol. The van der Waals surface area contributed by atoms with Crippen molar-refractivity contribution in [3.63, 3.8) is 0 Å². The van der Waals surface area contributed by atoms with Crippen molar-refractivity contribution in [2.45, 2.75) is 44.2 Å². The van der Waals surface area contributed by atoms with Crippen LogP contribution in [0.4, 0.5) is 0 Å². The smallest absolute Gasteiger partial charge is 0.196 e. The second-order valence-electron chi connectivity index (χ2n) is 7.54. The summed E-state index contributed by atoms with van der Waals surface area (Å²) in [5.74, 6) is 1.88. The van der Waals surface area contributed by atoms with Gasteiger partial charge in [-0.05, 0) is 37.6 Å². The first-order valence-corrected chi connectivity index (χ1v) is 9.60. The molecule has 23 heavy (non-hydrogen) atoms. The molecule has 0 aromatic heterocycles. The summed E-state index contributed by atoms with van der Waals surface area (Å²) in [6, 6.07) is 4.79. The van der Waals surface area contributed by atoms with E-state index in [0.717, 1.165) is 37.0 Å². The molecule has 1 spiro atoms. The molecular formula is C19H22NO2P. The van der Waals surface area contributed by atoms with Crippen molar-refractivity contribution in [2.24, 2.45) is 11.8 Å². The summed E-state index contributed by atoms with van der Waals surface area (Å²) in [7, 11) is 0.0753. The van der Waals surface area contributed by atoms with Crippen molar-refractivity contribution >= 4 is 13.8 Å². The summed E-state index contributed by atoms with van der Waals surface area (Å²) in [4.78, 5) is 2.65. The molecule has 1 fully saturated rings. The highest BCUT2D eigenvalue weighted by molar-refractivity contribution is 7.34. The summed E-state index contributed by atoms with van der Waals surface area (Å²) in [5, 5.41) is 0.829. The Hall–Kier alpha value is -1.18. The van der Waals surface area contributed by atoms with Gasteiger partial charge in [0.1, 0.15) is 11.9 Å². The van der Waals surface area contributed by atoms with Crippen LogP contribution in [0.3, 0.4) is 0 Å². The van der Waals surface area contributed by atoms with Gasteiger partial charge < -0.3 is 4.74 Å². The molecule has 1 aromatic carbocycles. The molecule has 3 nitrogen and oxygen atoms in total. The van der Waals surface area contributed by atoms with Gasteiger partial charge in [0, 0.05) is 28.9 Å². The van der Waals surface area contributed by atoms with Gasteiger partial charge in [0.2, 0.25) is 0 Å². The molecule has 2 bridgehead atoms. The number of rotatable bonds is 2. The Labute approximate surface area is 138 Å². The van der Waals surface area contributed by atoms with Crippen LogP contribution < -0.4 is 10.0 Å². The van der Waals surface area contributed by atoms with E-state index in [1.807, 2.05) is 6.07 Å². The Morgan fingerprint density at radius 3 is 3.04 bits per heavy atom. The Balaban J connectivity index is 1.80. The average molecular weight is 327 g/mol. The first kappa shape index (κ1) is 14.2. The Morgan fingerprint density at radius 2 is 2.26 bits per heavy atom. The van der Waals surface area contributed by atoms with Gasteiger partial charge in [-0.1, -0.05) is 32.1 Å². The molecule has 0 radical (unpaired) electrons. The van der Waals surface area contributed by atoms with E-state index in [1.54, 1.807) is 0 Å². The summed E-state index contributed by atoms with van der Waals surface area (Å²) < 4.78 is 18.1. The second-order valence-corrected chi connectivity index (χ2v) is 8.20. The van der Waals surface area contributed by atoms with E-state index in [-0.39, 0.29) is 20.0 Å². The standard InChI is InChI=1S/C19H22NO2P/c1-3-20-9-8-19-13-6-4-11(2)18(19)22-17-15(23-21)7-5-12(16(17)19)10-14(13)20/h4-7,11,13-14,18H,3,8-10H2,1-2H3/t11?,13?,14-,18+,19+/m1/s1. The third-order valence-corrected chi connectivity index (χ3v) is 7.31. The third-order valence-electron chi connectivity index (χ3n) is 6.77. The number of piperidine rings is 1. The van der Waals surface area contributed by atoms with Gasteiger partial charge in [-0.2, -0.15) is 0 Å². The lowest BCUT2D eigenvalue weighted by atomic mass is 9.52. The molecule has 1 aromatic rings. The van der Waals surface area contributed by atoms with Crippen LogP contribution in [0.15, 0.2) is 24.3 Å². The Kier molecular flexibility index (Phi) is 2.88. The molecule has 0 N–H and O–H groups in total. The van der Waals surface area contributed by atoms with Gasteiger partial charge in [-0.3, -0.25) is 9.46 Å². The largest absolute Gasteiger partial charge is 0.487 e. The number of ether oxygens (including phenoxy) is 1. The first-order chi connectivity index (χ1) is 11.2. The molecule has 2 unspecified atom stereocenters. The van der Waals surface area contributed by atoms with Crippen LogP contribution in [-0.4, -0.2) is 30.1 Å². The fraction of sp³-hybridized carbons (Fsp3) is 0.579. The van der Waals surface area contributed by atoms with Crippen LogP contribution in [0.5, 0.6) is 5.75 Å². The zero-order valence-electron chi connectivity index (χ0n) is 13.7. The van der Waals surface area contributed by atoms with Crippen LogP contribution in [0.25, 0.3) is 0 Å². The topological polar surface area (TPSA) is 29.5 Å². The van der Waals surface area contributed by atoms with E-state index in [9.17, 15) is 4.57 Å². The molecular weight excluding hydrogens is 305 g/mol. The van der Waals surface area contributed by atoms with Gasteiger partial charge in [-0.15, -0.1) is 0 Å². The highest BCUT2D eigenvalue weighted by Gasteiger charge is 2.63. The number of likely N-dealkylation sites (N-methyl/N-ethyl adjacent to an activating group) is 1. The fourth-order valence-corrected chi connectivity index (χ4v) is 6.24. The van der Waals surface area contributed by atoms with E-state index in [2.05, 4.69) is 37.0 Å². The minimum absolute atomic E-state index is 0.0753. The van der Waals surface area contributed by atoms with Gasteiger partial charge in [0.25, 0.3) is 0 Å². The molecule has 2 aliphatic carbocycles. The van der Waals surface area contributed by atoms with Crippen molar-refractivity contribution in [3.8, 4) is 5.75 Å². The molecule has 4 heteroatoms. The number of hydrogen-bond donors (Lipinski definition) is 0. The maximum absolute atomic E-state index is 11.6. The monoisotopic (exact) mass is 327 g/mol. The highest BCUT2D eigenvalue weighted by atomic mass is 31.1. The van der Waals surface area contributed by atoms with Gasteiger partial charge in [-0.25, -0.2) is 0 Å². The molecule has 5 atom stereocenters. The number of likely N-dealkylation sites (tertiary alicyclic amines) is 1. The van der Waals surface area contributed by atoms with Crippen molar-refractivity contribution in [3.05, 3.63) is 35.4 Å². The lowest BCUT2D eigenvalue weighted by Crippen LogP contribution is -2.64. The summed E-state index contributed by atoms with van der Waals surface area (Å²) >= 11 is 0. The molecule has 2 heterocycles. The van der Waals surface area contributed by atoms with Crippen molar-refractivity contribution in [1.29, 1.82) is 0 Å². The van der Waals surface area contributed by atoms with Crippen LogP contribution in [-0.2, 0) is 16.4 Å².